The molecule has 0 radical (unpaired) electrons. The Bertz CT molecular complexity index is 3500. The molecule has 0 saturated carbocycles. The molecule has 0 atom stereocenters. The molecule has 0 aliphatic carbocycles. The maximum absolute atomic E-state index is 11.5. The molecular formula is C83H126N12O7. The highest BCUT2D eigenvalue weighted by Crippen LogP contribution is 2.31. The van der Waals surface area contributed by atoms with Gasteiger partial charge in [0, 0.05) is 103 Å². The van der Waals surface area contributed by atoms with Crippen LogP contribution in [0.5, 0.6) is 23.0 Å². The third-order valence-electron chi connectivity index (χ3n) is 16.3. The highest BCUT2D eigenvalue weighted by molar-refractivity contribution is 5.75. The summed E-state index contributed by atoms with van der Waals surface area (Å²) in [4.78, 5) is 20.8. The standard InChI is InChI=1S/2C21H31N3O2.C21H33N3O2.C20H31N3O/c2*1-6-7-12-23(5)14-19-15-24(13-17(4)25)22-21(19)18-8-10-20(11-9-18)26-16(2)3;1-6-7-12-23(4)15-19-16-24(13-14-25-5)22-21(19)18-8-10-20(11-9-18)26-17(2)3;1-6-8-13-22(5)15-18-14-21-23(7-2)20(18)17-9-11-19(12-10-17)24-16(3)4/h8-11,15-16H,6-7,12-14H2,1-5H3;8-11,15-16,25H,4,6-7,12-14H2,1-3,5H3;8-11,16-17H,6-7,12-15H2,1-5H3;9-12,14,16H,6-8,13,15H2,1-5H3. The molecule has 4 aromatic carbocycles. The normalized spacial score (nSPS) is 11.4. The van der Waals surface area contributed by atoms with Gasteiger partial charge in [0.25, 0.3) is 0 Å². The number of aromatic nitrogens is 8. The number of ketones is 1. The fourth-order valence-electron chi connectivity index (χ4n) is 11.5. The molecule has 0 aliphatic heterocycles. The van der Waals surface area contributed by atoms with Crippen molar-refractivity contribution in [1.82, 2.24) is 58.7 Å². The van der Waals surface area contributed by atoms with Crippen molar-refractivity contribution in [3.63, 3.8) is 0 Å². The van der Waals surface area contributed by atoms with Crippen molar-refractivity contribution in [2.75, 3.05) is 68.1 Å². The molecule has 0 aliphatic rings. The Kier molecular flexibility index (Phi) is 37.4. The summed E-state index contributed by atoms with van der Waals surface area (Å²) in [6.07, 6.45) is 18.4. The smallest absolute Gasteiger partial charge is 0.151 e. The van der Waals surface area contributed by atoms with Gasteiger partial charge in [-0.05, 0) is 246 Å². The van der Waals surface area contributed by atoms with Crippen LogP contribution in [0, 0.1) is 0 Å². The minimum absolute atomic E-state index is 0.102. The van der Waals surface area contributed by atoms with Crippen molar-refractivity contribution in [1.29, 1.82) is 0 Å². The molecule has 4 heterocycles. The zero-order valence-corrected chi connectivity index (χ0v) is 65.7. The van der Waals surface area contributed by atoms with E-state index < -0.39 is 0 Å². The first-order valence-corrected chi connectivity index (χ1v) is 37.3. The van der Waals surface area contributed by atoms with Crippen molar-refractivity contribution in [3.8, 4) is 68.0 Å². The number of allylic oxidation sites excluding steroid dienone is 1. The van der Waals surface area contributed by atoms with Crippen LogP contribution in [0.15, 0.2) is 134 Å². The van der Waals surface area contributed by atoms with E-state index in [0.717, 1.165) is 133 Å². The second kappa shape index (κ2) is 45.1. The Balaban J connectivity index is 0.000000245. The summed E-state index contributed by atoms with van der Waals surface area (Å²) in [5.41, 5.74) is 13.4. The highest BCUT2D eigenvalue weighted by Gasteiger charge is 2.19. The molecule has 0 bridgehead atoms. The molecule has 8 aromatic rings. The van der Waals surface area contributed by atoms with E-state index >= 15 is 0 Å². The zero-order valence-electron chi connectivity index (χ0n) is 65.7. The van der Waals surface area contributed by atoms with E-state index in [4.69, 9.17) is 28.8 Å². The summed E-state index contributed by atoms with van der Waals surface area (Å²) in [5.74, 6) is 3.72. The number of aryl methyl sites for hydroxylation is 1. The van der Waals surface area contributed by atoms with Crippen molar-refractivity contribution < 1.29 is 33.6 Å². The van der Waals surface area contributed by atoms with Gasteiger partial charge < -0.3 is 48.4 Å². The lowest BCUT2D eigenvalue weighted by atomic mass is 10.1. The Hall–Kier alpha value is -8.07. The first kappa shape index (κ1) is 84.6. The number of hydrogen-bond acceptors (Lipinski definition) is 15. The fourth-order valence-corrected chi connectivity index (χ4v) is 11.5. The van der Waals surface area contributed by atoms with Crippen LogP contribution >= 0.6 is 0 Å². The number of benzene rings is 4. The lowest BCUT2D eigenvalue weighted by Gasteiger charge is -2.17. The molecule has 1 N–H and O–H groups in total. The van der Waals surface area contributed by atoms with Gasteiger partial charge in [0.1, 0.15) is 28.8 Å². The van der Waals surface area contributed by atoms with Gasteiger partial charge >= 0.3 is 0 Å². The number of unbranched alkanes of at least 4 members (excludes halogenated alkanes) is 4. The van der Waals surface area contributed by atoms with Gasteiger partial charge in [-0.1, -0.05) is 60.0 Å². The summed E-state index contributed by atoms with van der Waals surface area (Å²) in [6.45, 7) is 43.1. The Morgan fingerprint density at radius 3 is 1.06 bits per heavy atom. The van der Waals surface area contributed by atoms with Crippen LogP contribution in [0.25, 0.3) is 45.0 Å². The number of rotatable bonds is 40. The first-order chi connectivity index (χ1) is 48.8. The largest absolute Gasteiger partial charge is 0.511 e. The second-order valence-corrected chi connectivity index (χ2v) is 27.9. The monoisotopic (exact) mass is 1400 g/mol. The summed E-state index contributed by atoms with van der Waals surface area (Å²) >= 11 is 0. The third-order valence-corrected chi connectivity index (χ3v) is 16.3. The second-order valence-electron chi connectivity index (χ2n) is 27.9. The van der Waals surface area contributed by atoms with Gasteiger partial charge in [-0.3, -0.25) is 23.5 Å². The lowest BCUT2D eigenvalue weighted by Crippen LogP contribution is -2.19. The first-order valence-electron chi connectivity index (χ1n) is 37.3. The van der Waals surface area contributed by atoms with E-state index in [0.29, 0.717) is 19.7 Å². The number of aliphatic hydroxyl groups is 1. The van der Waals surface area contributed by atoms with Crippen LogP contribution in [0.1, 0.15) is 171 Å². The minimum atomic E-state index is 0.102. The van der Waals surface area contributed by atoms with E-state index in [-0.39, 0.29) is 36.0 Å². The predicted molar refractivity (Wildman–Crippen MR) is 419 cm³/mol. The van der Waals surface area contributed by atoms with Crippen LogP contribution in [0.4, 0.5) is 0 Å². The maximum Gasteiger partial charge on any atom is 0.151 e. The number of aliphatic hydroxyl groups excluding tert-OH is 1. The number of ether oxygens (including phenoxy) is 5. The third kappa shape index (κ3) is 30.1. The van der Waals surface area contributed by atoms with Crippen LogP contribution in [-0.2, 0) is 61.9 Å². The fraction of sp³-hybridized carbons (Fsp3) is 0.530. The maximum atomic E-state index is 11.5. The van der Waals surface area contributed by atoms with Crippen LogP contribution in [0.3, 0.4) is 0 Å². The van der Waals surface area contributed by atoms with Crippen molar-refractivity contribution in [2.45, 2.75) is 225 Å². The molecule has 102 heavy (non-hydrogen) atoms. The van der Waals surface area contributed by atoms with Crippen LogP contribution in [0.2, 0.25) is 0 Å². The van der Waals surface area contributed by atoms with Crippen LogP contribution in [-0.4, -0.2) is 162 Å². The zero-order chi connectivity index (χ0) is 74.7. The molecule has 0 saturated heterocycles. The average molecular weight is 1400 g/mol. The molecule has 19 nitrogen and oxygen atoms in total. The van der Waals surface area contributed by atoms with Gasteiger partial charge in [0.2, 0.25) is 0 Å². The number of nitrogens with zero attached hydrogens (tertiary/aromatic N) is 12. The topological polar surface area (TPSA) is 168 Å². The number of carbonyl (C=O) groups is 1. The van der Waals surface area contributed by atoms with E-state index in [1.54, 1.807) is 23.4 Å². The summed E-state index contributed by atoms with van der Waals surface area (Å²) in [5, 5.41) is 28.2. The van der Waals surface area contributed by atoms with E-state index in [2.05, 4.69) is 139 Å². The van der Waals surface area contributed by atoms with Gasteiger partial charge in [-0.25, -0.2) is 0 Å². The van der Waals surface area contributed by atoms with Gasteiger partial charge in [0.05, 0.1) is 79.6 Å². The molecule has 4 aromatic heterocycles. The van der Waals surface area contributed by atoms with E-state index in [1.807, 2.05) is 151 Å². The van der Waals surface area contributed by atoms with Gasteiger partial charge in [0.15, 0.2) is 5.78 Å². The minimum Gasteiger partial charge on any atom is -0.511 e. The number of carbonyl (C=O) groups excluding carboxylic acids is 1. The Morgan fingerprint density at radius 2 is 0.765 bits per heavy atom. The van der Waals surface area contributed by atoms with E-state index in [1.165, 1.54) is 73.8 Å². The van der Waals surface area contributed by atoms with Crippen molar-refractivity contribution >= 4 is 5.78 Å². The molecular weight excluding hydrogens is 1280 g/mol. The molecule has 560 valence electrons. The average Bonchev–Trinajstić information content (AvgIpc) is 1.68. The summed E-state index contributed by atoms with van der Waals surface area (Å²) in [7, 11) is 10.3. The summed E-state index contributed by atoms with van der Waals surface area (Å²) < 4.78 is 35.7. The quantitative estimate of drug-likeness (QED) is 0.0360. The van der Waals surface area contributed by atoms with Gasteiger partial charge in [-0.15, -0.1) is 0 Å². The van der Waals surface area contributed by atoms with Crippen molar-refractivity contribution in [2.24, 2.45) is 0 Å². The molecule has 0 amide bonds. The Morgan fingerprint density at radius 1 is 0.461 bits per heavy atom. The molecule has 0 spiro atoms. The number of methoxy groups -OCH3 is 1. The van der Waals surface area contributed by atoms with Crippen LogP contribution < -0.4 is 18.9 Å². The predicted octanol–water partition coefficient (Wildman–Crippen LogP) is 17.6. The lowest BCUT2D eigenvalue weighted by molar-refractivity contribution is -0.117. The van der Waals surface area contributed by atoms with E-state index in [9.17, 15) is 9.90 Å². The molecule has 19 heteroatoms. The number of Topliss-reactive ketones (excluding diaryl/α,β-unsaturated/α-hetero) is 1. The SMILES string of the molecule is C=C(O)Cn1cc(CN(C)CCCC)c(-c2ccc(OC(C)C)cc2)n1.CCCCN(C)Cc1cn(CC(C)=O)nc1-c1ccc(OC(C)C)cc1.CCCCN(C)Cc1cn(CCOC)nc1-c1ccc(OC(C)C)cc1.CCCCN(C)Cc1cnn(CC)c1-c1ccc(OC(C)C)cc1. The summed E-state index contributed by atoms with van der Waals surface area (Å²) in [6, 6.07) is 32.6. The van der Waals surface area contributed by atoms with Crippen molar-refractivity contribution in [3.05, 3.63) is 156 Å². The highest BCUT2D eigenvalue weighted by atomic mass is 16.5. The molecule has 0 fully saturated rings. The number of hydrogen-bond donors (Lipinski definition) is 1. The molecule has 8 rings (SSSR count). The van der Waals surface area contributed by atoms with Gasteiger partial charge in [-0.2, -0.15) is 20.4 Å². The Labute approximate surface area is 612 Å². The molecule has 0 unspecified atom stereocenters.